The molecular formula is C13H18BrClN2. The van der Waals surface area contributed by atoms with Crippen LogP contribution < -0.4 is 10.2 Å². The number of hydrogen-bond donors (Lipinski definition) is 1. The summed E-state index contributed by atoms with van der Waals surface area (Å²) in [5, 5.41) is 4.38. The van der Waals surface area contributed by atoms with Gasteiger partial charge in [0, 0.05) is 23.1 Å². The van der Waals surface area contributed by atoms with E-state index in [4.69, 9.17) is 11.6 Å². The van der Waals surface area contributed by atoms with Crippen LogP contribution in [0.1, 0.15) is 20.3 Å². The highest BCUT2D eigenvalue weighted by atomic mass is 79.9. The van der Waals surface area contributed by atoms with Crippen molar-refractivity contribution < 1.29 is 0 Å². The number of nitrogens with zero attached hydrogens (tertiary/aromatic N) is 1. The third-order valence-electron chi connectivity index (χ3n) is 3.04. The predicted octanol–water partition coefficient (Wildman–Crippen LogP) is 3.68. The molecule has 4 heteroatoms. The third-order valence-corrected chi connectivity index (χ3v) is 3.86. The Morgan fingerprint density at radius 3 is 2.94 bits per heavy atom. The maximum atomic E-state index is 6.29. The van der Waals surface area contributed by atoms with Crippen molar-refractivity contribution in [1.29, 1.82) is 0 Å². The maximum absolute atomic E-state index is 6.29. The Morgan fingerprint density at radius 1 is 1.41 bits per heavy atom. The first kappa shape index (κ1) is 13.2. The van der Waals surface area contributed by atoms with Crippen molar-refractivity contribution in [2.24, 2.45) is 0 Å². The van der Waals surface area contributed by atoms with Gasteiger partial charge in [0.05, 0.1) is 10.7 Å². The molecule has 1 aliphatic rings. The summed E-state index contributed by atoms with van der Waals surface area (Å²) in [5.74, 6) is 0. The van der Waals surface area contributed by atoms with Crippen molar-refractivity contribution >= 4 is 33.2 Å². The number of hydrogen-bond acceptors (Lipinski definition) is 2. The zero-order chi connectivity index (χ0) is 12.5. The highest BCUT2D eigenvalue weighted by Gasteiger charge is 2.25. The third kappa shape index (κ3) is 3.36. The Kier molecular flexibility index (Phi) is 4.01. The van der Waals surface area contributed by atoms with E-state index in [0.29, 0.717) is 0 Å². The van der Waals surface area contributed by atoms with E-state index in [1.807, 2.05) is 12.1 Å². The molecule has 0 unspecified atom stereocenters. The van der Waals surface area contributed by atoms with Crippen LogP contribution in [0.5, 0.6) is 0 Å². The fourth-order valence-corrected chi connectivity index (χ4v) is 2.83. The van der Waals surface area contributed by atoms with Crippen LogP contribution in [-0.4, -0.2) is 25.2 Å². The van der Waals surface area contributed by atoms with Crippen molar-refractivity contribution in [3.05, 3.63) is 27.7 Å². The van der Waals surface area contributed by atoms with Crippen molar-refractivity contribution in [2.45, 2.75) is 25.8 Å². The number of anilines is 1. The number of nitrogens with one attached hydrogen (secondary N) is 1. The summed E-state index contributed by atoms with van der Waals surface area (Å²) in [6.45, 7) is 7.55. The first-order valence-electron chi connectivity index (χ1n) is 5.93. The van der Waals surface area contributed by atoms with Crippen molar-refractivity contribution in [1.82, 2.24) is 5.32 Å². The van der Waals surface area contributed by atoms with Crippen molar-refractivity contribution in [2.75, 3.05) is 24.5 Å². The van der Waals surface area contributed by atoms with Gasteiger partial charge in [0.25, 0.3) is 0 Å². The van der Waals surface area contributed by atoms with Crippen molar-refractivity contribution in [3.63, 3.8) is 0 Å². The Hall–Kier alpha value is -0.250. The summed E-state index contributed by atoms with van der Waals surface area (Å²) in [7, 11) is 0. The molecule has 0 radical (unpaired) electrons. The van der Waals surface area contributed by atoms with Gasteiger partial charge in [0.15, 0.2) is 0 Å². The zero-order valence-electron chi connectivity index (χ0n) is 10.3. The molecule has 1 heterocycles. The summed E-state index contributed by atoms with van der Waals surface area (Å²) in [6, 6.07) is 6.03. The molecule has 1 fully saturated rings. The van der Waals surface area contributed by atoms with Gasteiger partial charge >= 0.3 is 0 Å². The standard InChI is InChI=1S/C13H18BrClN2/c1-13(2)9-17(7-3-6-16-13)12-8-10(14)4-5-11(12)15/h4-5,8,16H,3,6-7,9H2,1-2H3. The largest absolute Gasteiger partial charge is 0.368 e. The molecule has 0 aliphatic carbocycles. The van der Waals surface area contributed by atoms with Crippen LogP contribution in [0.3, 0.4) is 0 Å². The molecule has 1 aliphatic heterocycles. The van der Waals surface area contributed by atoms with Crippen molar-refractivity contribution in [3.8, 4) is 0 Å². The molecule has 2 rings (SSSR count). The lowest BCUT2D eigenvalue weighted by Crippen LogP contribution is -2.46. The molecule has 0 atom stereocenters. The molecule has 0 aromatic heterocycles. The lowest BCUT2D eigenvalue weighted by molar-refractivity contribution is 0.416. The van der Waals surface area contributed by atoms with Gasteiger partial charge < -0.3 is 10.2 Å². The summed E-state index contributed by atoms with van der Waals surface area (Å²) in [6.07, 6.45) is 1.15. The van der Waals surface area contributed by atoms with Crippen LogP contribution in [-0.2, 0) is 0 Å². The van der Waals surface area contributed by atoms with Gasteiger partial charge in [-0.05, 0) is 45.0 Å². The molecule has 94 valence electrons. The highest BCUT2D eigenvalue weighted by Crippen LogP contribution is 2.30. The molecule has 1 N–H and O–H groups in total. The van der Waals surface area contributed by atoms with Crippen LogP contribution in [0.25, 0.3) is 0 Å². The Balaban J connectivity index is 2.28. The summed E-state index contributed by atoms with van der Waals surface area (Å²) < 4.78 is 1.08. The van der Waals surface area contributed by atoms with Gasteiger partial charge in [-0.25, -0.2) is 0 Å². The zero-order valence-corrected chi connectivity index (χ0v) is 12.6. The van der Waals surface area contributed by atoms with E-state index < -0.39 is 0 Å². The fraction of sp³-hybridized carbons (Fsp3) is 0.538. The SMILES string of the molecule is CC1(C)CN(c2cc(Br)ccc2Cl)CCCN1. The van der Waals surface area contributed by atoms with Crippen LogP contribution >= 0.6 is 27.5 Å². The molecule has 0 bridgehead atoms. The van der Waals surface area contributed by atoms with E-state index in [0.717, 1.165) is 41.2 Å². The number of halogens is 2. The first-order chi connectivity index (χ1) is 7.98. The normalized spacial score (nSPS) is 20.1. The van der Waals surface area contributed by atoms with Gasteiger partial charge in [-0.1, -0.05) is 27.5 Å². The van der Waals surface area contributed by atoms with Crippen LogP contribution in [0.2, 0.25) is 5.02 Å². The van der Waals surface area contributed by atoms with Gasteiger partial charge in [-0.2, -0.15) is 0 Å². The van der Waals surface area contributed by atoms with E-state index in [1.54, 1.807) is 0 Å². The predicted molar refractivity (Wildman–Crippen MR) is 78.1 cm³/mol. The maximum Gasteiger partial charge on any atom is 0.0640 e. The van der Waals surface area contributed by atoms with Gasteiger partial charge in [0.1, 0.15) is 0 Å². The van der Waals surface area contributed by atoms with E-state index in [2.05, 4.69) is 46.1 Å². The highest BCUT2D eigenvalue weighted by molar-refractivity contribution is 9.10. The summed E-state index contributed by atoms with van der Waals surface area (Å²) in [4.78, 5) is 2.37. The average Bonchev–Trinajstić information content (AvgIpc) is 2.43. The molecule has 1 aromatic rings. The van der Waals surface area contributed by atoms with Gasteiger partial charge in [-0.3, -0.25) is 0 Å². The Bertz CT molecular complexity index is 406. The minimum Gasteiger partial charge on any atom is -0.368 e. The van der Waals surface area contributed by atoms with Crippen LogP contribution in [0.15, 0.2) is 22.7 Å². The smallest absolute Gasteiger partial charge is 0.0640 e. The van der Waals surface area contributed by atoms with E-state index in [9.17, 15) is 0 Å². The monoisotopic (exact) mass is 316 g/mol. The fourth-order valence-electron chi connectivity index (χ4n) is 2.24. The molecule has 0 spiro atoms. The molecule has 2 nitrogen and oxygen atoms in total. The topological polar surface area (TPSA) is 15.3 Å². The molecule has 0 saturated carbocycles. The van der Waals surface area contributed by atoms with E-state index in [1.165, 1.54) is 0 Å². The minimum absolute atomic E-state index is 0.127. The van der Waals surface area contributed by atoms with Gasteiger partial charge in [-0.15, -0.1) is 0 Å². The molecule has 1 aromatic carbocycles. The molecule has 0 amide bonds. The molecular weight excluding hydrogens is 300 g/mol. The molecule has 17 heavy (non-hydrogen) atoms. The second kappa shape index (κ2) is 5.17. The summed E-state index contributed by atoms with van der Waals surface area (Å²) >= 11 is 9.80. The number of rotatable bonds is 1. The van der Waals surface area contributed by atoms with E-state index in [-0.39, 0.29) is 5.54 Å². The Labute approximate surface area is 116 Å². The quantitative estimate of drug-likeness (QED) is 0.850. The lowest BCUT2D eigenvalue weighted by atomic mass is 10.1. The van der Waals surface area contributed by atoms with Crippen LogP contribution in [0.4, 0.5) is 5.69 Å². The summed E-state index contributed by atoms with van der Waals surface area (Å²) in [5.41, 5.74) is 1.25. The molecule has 1 saturated heterocycles. The van der Waals surface area contributed by atoms with Crippen LogP contribution in [0, 0.1) is 0 Å². The van der Waals surface area contributed by atoms with E-state index >= 15 is 0 Å². The minimum atomic E-state index is 0.127. The van der Waals surface area contributed by atoms with Gasteiger partial charge in [0.2, 0.25) is 0 Å². The average molecular weight is 318 g/mol. The first-order valence-corrected chi connectivity index (χ1v) is 7.10. The second-order valence-electron chi connectivity index (χ2n) is 5.18. The lowest BCUT2D eigenvalue weighted by Gasteiger charge is -2.32. The second-order valence-corrected chi connectivity index (χ2v) is 6.50. The number of benzene rings is 1. The Morgan fingerprint density at radius 2 is 2.18 bits per heavy atom.